The van der Waals surface area contributed by atoms with Crippen molar-refractivity contribution in [1.82, 2.24) is 0 Å². The molecule has 1 nitrogen and oxygen atoms in total. The molecule has 2 saturated carbocycles. The maximum absolute atomic E-state index is 10.2. The SMILES string of the molecule is CC1CCCC1C(O)C1CCCC1. The van der Waals surface area contributed by atoms with Crippen LogP contribution in [0, 0.1) is 17.8 Å². The summed E-state index contributed by atoms with van der Waals surface area (Å²) in [6.45, 7) is 2.32. The smallest absolute Gasteiger partial charge is 0.0599 e. The molecule has 1 N–H and O–H groups in total. The molecule has 0 radical (unpaired) electrons. The summed E-state index contributed by atoms with van der Waals surface area (Å²) in [6.07, 6.45) is 9.25. The molecule has 3 atom stereocenters. The molecule has 3 unspecified atom stereocenters. The van der Waals surface area contributed by atoms with E-state index in [2.05, 4.69) is 6.92 Å². The molecule has 2 fully saturated rings. The van der Waals surface area contributed by atoms with Gasteiger partial charge in [-0.15, -0.1) is 0 Å². The fourth-order valence-corrected chi connectivity index (χ4v) is 3.33. The van der Waals surface area contributed by atoms with E-state index in [0.29, 0.717) is 11.8 Å². The highest BCUT2D eigenvalue weighted by atomic mass is 16.3. The quantitative estimate of drug-likeness (QED) is 0.696. The lowest BCUT2D eigenvalue weighted by Crippen LogP contribution is -2.29. The maximum atomic E-state index is 10.2. The molecule has 0 aromatic carbocycles. The Morgan fingerprint density at radius 1 is 1.00 bits per heavy atom. The molecule has 1 heteroatoms. The minimum atomic E-state index is 0.0278. The standard InChI is InChI=1S/C12H22O/c1-9-5-4-8-11(9)12(13)10-6-2-3-7-10/h9-13H,2-8H2,1H3. The van der Waals surface area contributed by atoms with Crippen molar-refractivity contribution >= 4 is 0 Å². The van der Waals surface area contributed by atoms with E-state index in [1.54, 1.807) is 0 Å². The highest BCUT2D eigenvalue weighted by Gasteiger charge is 2.35. The summed E-state index contributed by atoms with van der Waals surface area (Å²) in [4.78, 5) is 0. The second-order valence-corrected chi connectivity index (χ2v) is 5.11. The average molecular weight is 182 g/mol. The first-order valence-corrected chi connectivity index (χ1v) is 5.97. The predicted octanol–water partition coefficient (Wildman–Crippen LogP) is 2.97. The van der Waals surface area contributed by atoms with Crippen LogP contribution in [0.5, 0.6) is 0 Å². The summed E-state index contributed by atoms with van der Waals surface area (Å²) >= 11 is 0. The highest BCUT2D eigenvalue weighted by Crippen LogP contribution is 2.40. The van der Waals surface area contributed by atoms with Gasteiger partial charge in [0.2, 0.25) is 0 Å². The summed E-state index contributed by atoms with van der Waals surface area (Å²) in [5.41, 5.74) is 0. The van der Waals surface area contributed by atoms with Gasteiger partial charge in [-0.05, 0) is 37.0 Å². The first kappa shape index (κ1) is 9.51. The van der Waals surface area contributed by atoms with Crippen LogP contribution >= 0.6 is 0 Å². The Labute approximate surface area is 81.5 Å². The molecule has 0 spiro atoms. The van der Waals surface area contributed by atoms with Gasteiger partial charge in [-0.3, -0.25) is 0 Å². The van der Waals surface area contributed by atoms with Crippen molar-refractivity contribution in [3.63, 3.8) is 0 Å². The van der Waals surface area contributed by atoms with Gasteiger partial charge in [0, 0.05) is 0 Å². The van der Waals surface area contributed by atoms with E-state index in [1.165, 1.54) is 44.9 Å². The van der Waals surface area contributed by atoms with Crippen molar-refractivity contribution < 1.29 is 5.11 Å². The van der Waals surface area contributed by atoms with Crippen molar-refractivity contribution in [2.24, 2.45) is 17.8 Å². The Morgan fingerprint density at radius 2 is 1.69 bits per heavy atom. The highest BCUT2D eigenvalue weighted by molar-refractivity contribution is 4.86. The van der Waals surface area contributed by atoms with E-state index < -0.39 is 0 Å². The minimum Gasteiger partial charge on any atom is -0.393 e. The van der Waals surface area contributed by atoms with Gasteiger partial charge in [0.1, 0.15) is 0 Å². The van der Waals surface area contributed by atoms with Gasteiger partial charge in [0.05, 0.1) is 6.10 Å². The molecular formula is C12H22O. The van der Waals surface area contributed by atoms with Crippen LogP contribution in [0.4, 0.5) is 0 Å². The Balaban J connectivity index is 1.91. The zero-order valence-electron chi connectivity index (χ0n) is 8.71. The van der Waals surface area contributed by atoms with E-state index in [-0.39, 0.29) is 6.10 Å². The van der Waals surface area contributed by atoms with Crippen LogP contribution in [0.25, 0.3) is 0 Å². The maximum Gasteiger partial charge on any atom is 0.0599 e. The fraction of sp³-hybridized carbons (Fsp3) is 1.00. The van der Waals surface area contributed by atoms with Gasteiger partial charge in [0.25, 0.3) is 0 Å². The molecule has 13 heavy (non-hydrogen) atoms. The van der Waals surface area contributed by atoms with Gasteiger partial charge in [-0.2, -0.15) is 0 Å². The summed E-state index contributed by atoms with van der Waals surface area (Å²) in [7, 11) is 0. The molecule has 0 saturated heterocycles. The molecule has 76 valence electrons. The van der Waals surface area contributed by atoms with Crippen LogP contribution in [0.2, 0.25) is 0 Å². The third kappa shape index (κ3) is 1.90. The van der Waals surface area contributed by atoms with Crippen LogP contribution in [0.1, 0.15) is 51.9 Å². The fourth-order valence-electron chi connectivity index (χ4n) is 3.33. The third-order valence-corrected chi connectivity index (χ3v) is 4.25. The van der Waals surface area contributed by atoms with E-state index in [0.717, 1.165) is 5.92 Å². The summed E-state index contributed by atoms with van der Waals surface area (Å²) in [6, 6.07) is 0. The molecule has 0 aromatic heterocycles. The topological polar surface area (TPSA) is 20.2 Å². The number of hydrogen-bond acceptors (Lipinski definition) is 1. The lowest BCUT2D eigenvalue weighted by atomic mass is 9.84. The van der Waals surface area contributed by atoms with Crippen LogP contribution in [-0.4, -0.2) is 11.2 Å². The van der Waals surface area contributed by atoms with Crippen LogP contribution in [0.3, 0.4) is 0 Å². The Bertz CT molecular complexity index is 161. The van der Waals surface area contributed by atoms with Crippen LogP contribution < -0.4 is 0 Å². The van der Waals surface area contributed by atoms with Gasteiger partial charge >= 0.3 is 0 Å². The molecule has 0 aliphatic heterocycles. The van der Waals surface area contributed by atoms with Crippen LogP contribution in [0.15, 0.2) is 0 Å². The van der Waals surface area contributed by atoms with E-state index >= 15 is 0 Å². The van der Waals surface area contributed by atoms with Gasteiger partial charge in [-0.1, -0.05) is 32.6 Å². The Morgan fingerprint density at radius 3 is 2.23 bits per heavy atom. The molecule has 2 aliphatic carbocycles. The lowest BCUT2D eigenvalue weighted by Gasteiger charge is -2.27. The summed E-state index contributed by atoms with van der Waals surface area (Å²) in [5.74, 6) is 2.05. The van der Waals surface area contributed by atoms with Crippen molar-refractivity contribution in [2.45, 2.75) is 58.0 Å². The lowest BCUT2D eigenvalue weighted by molar-refractivity contribution is 0.0387. The van der Waals surface area contributed by atoms with Crippen molar-refractivity contribution in [3.05, 3.63) is 0 Å². The van der Waals surface area contributed by atoms with Crippen molar-refractivity contribution in [3.8, 4) is 0 Å². The van der Waals surface area contributed by atoms with E-state index in [4.69, 9.17) is 0 Å². The Hall–Kier alpha value is -0.0400. The number of aliphatic hydroxyl groups is 1. The second-order valence-electron chi connectivity index (χ2n) is 5.11. The molecule has 0 aromatic rings. The minimum absolute atomic E-state index is 0.0278. The third-order valence-electron chi connectivity index (χ3n) is 4.25. The van der Waals surface area contributed by atoms with E-state index in [1.807, 2.05) is 0 Å². The summed E-state index contributed by atoms with van der Waals surface area (Å²) in [5, 5.41) is 10.2. The first-order valence-electron chi connectivity index (χ1n) is 5.97. The van der Waals surface area contributed by atoms with Crippen molar-refractivity contribution in [1.29, 1.82) is 0 Å². The predicted molar refractivity (Wildman–Crippen MR) is 54.5 cm³/mol. The van der Waals surface area contributed by atoms with Gasteiger partial charge < -0.3 is 5.11 Å². The van der Waals surface area contributed by atoms with Crippen LogP contribution in [-0.2, 0) is 0 Å². The van der Waals surface area contributed by atoms with Gasteiger partial charge in [0.15, 0.2) is 0 Å². The molecule has 0 bridgehead atoms. The zero-order chi connectivity index (χ0) is 9.26. The molecular weight excluding hydrogens is 160 g/mol. The normalized spacial score (nSPS) is 38.3. The zero-order valence-corrected chi connectivity index (χ0v) is 8.71. The second kappa shape index (κ2) is 4.00. The van der Waals surface area contributed by atoms with Crippen molar-refractivity contribution in [2.75, 3.05) is 0 Å². The number of hydrogen-bond donors (Lipinski definition) is 1. The number of rotatable bonds is 2. The summed E-state index contributed by atoms with van der Waals surface area (Å²) < 4.78 is 0. The molecule has 0 amide bonds. The average Bonchev–Trinajstić information content (AvgIpc) is 2.72. The largest absolute Gasteiger partial charge is 0.393 e. The monoisotopic (exact) mass is 182 g/mol. The van der Waals surface area contributed by atoms with E-state index in [9.17, 15) is 5.11 Å². The molecule has 2 aliphatic rings. The first-order chi connectivity index (χ1) is 6.29. The molecule has 0 heterocycles. The Kier molecular flexibility index (Phi) is 2.92. The number of aliphatic hydroxyl groups excluding tert-OH is 1. The molecule has 2 rings (SSSR count). The van der Waals surface area contributed by atoms with Gasteiger partial charge in [-0.25, -0.2) is 0 Å².